The van der Waals surface area contributed by atoms with Gasteiger partial charge in [0.05, 0.1) is 41.5 Å². The number of hydrogen-bond acceptors (Lipinski definition) is 9. The number of β-amino-alcohol motifs (C(OH)–C–C–N with tert-alkyl or cyclic N) is 1. The largest absolute Gasteiger partial charge is 0.391 e. The molecule has 3 N–H and O–H groups in total. The molecule has 8 nitrogen and oxygen atoms in total. The van der Waals surface area contributed by atoms with Gasteiger partial charge in [0.15, 0.2) is 11.6 Å². The Morgan fingerprint density at radius 3 is 2.82 bits per heavy atom. The fraction of sp³-hybridized carbons (Fsp3) is 0.273. The molecule has 1 fully saturated rings. The number of anilines is 2. The zero-order valence-corrected chi connectivity index (χ0v) is 17.9. The van der Waals surface area contributed by atoms with Crippen LogP contribution in [0.15, 0.2) is 12.4 Å². The molecular weight excluding hydrogens is 450 g/mol. The second kappa shape index (κ2) is 7.28. The van der Waals surface area contributed by atoms with Crippen LogP contribution in [0.25, 0.3) is 32.2 Å². The van der Waals surface area contributed by atoms with E-state index < -0.39 is 17.7 Å². The first-order valence-corrected chi connectivity index (χ1v) is 11.1. The maximum atomic E-state index is 16.2. The number of aliphatic hydroxyl groups is 1. The Bertz CT molecular complexity index is 1520. The number of hydrogen-bond donors (Lipinski definition) is 2. The fourth-order valence-corrected chi connectivity index (χ4v) is 5.54. The smallest absolute Gasteiger partial charge is 0.226 e. The Labute approximate surface area is 189 Å². The fourth-order valence-electron chi connectivity index (χ4n) is 4.61. The Morgan fingerprint density at radius 1 is 1.24 bits per heavy atom. The molecule has 1 atom stereocenters. The minimum Gasteiger partial charge on any atom is -0.391 e. The molecule has 5 heterocycles. The van der Waals surface area contributed by atoms with Crippen LogP contribution in [-0.2, 0) is 18.0 Å². The molecule has 0 saturated carbocycles. The SMILES string of the molecule is N#Cc1c(N)sc2c(F)cnc(-c3c4c(c5cnc(N6CC[C@H](O)C6)nc5c3F)COC4)c12. The van der Waals surface area contributed by atoms with Crippen LogP contribution < -0.4 is 10.6 Å². The second-order valence-electron chi connectivity index (χ2n) is 8.07. The minimum atomic E-state index is -0.647. The molecule has 11 heteroatoms. The van der Waals surface area contributed by atoms with Crippen LogP contribution in [0.5, 0.6) is 0 Å². The topological polar surface area (TPSA) is 121 Å². The monoisotopic (exact) mass is 466 g/mol. The number of fused-ring (bicyclic) bond motifs is 4. The summed E-state index contributed by atoms with van der Waals surface area (Å²) in [5.74, 6) is -0.956. The van der Waals surface area contributed by atoms with Gasteiger partial charge in [0.2, 0.25) is 5.95 Å². The van der Waals surface area contributed by atoms with E-state index in [9.17, 15) is 14.8 Å². The molecule has 3 aromatic heterocycles. The third-order valence-electron chi connectivity index (χ3n) is 6.18. The predicted molar refractivity (Wildman–Crippen MR) is 119 cm³/mol. The summed E-state index contributed by atoms with van der Waals surface area (Å²) < 4.78 is 36.5. The highest BCUT2D eigenvalue weighted by atomic mass is 32.1. The van der Waals surface area contributed by atoms with Crippen molar-refractivity contribution in [1.29, 1.82) is 5.26 Å². The van der Waals surface area contributed by atoms with Gasteiger partial charge in [-0.2, -0.15) is 5.26 Å². The van der Waals surface area contributed by atoms with Gasteiger partial charge in [-0.05, 0) is 17.5 Å². The lowest BCUT2D eigenvalue weighted by molar-refractivity contribution is 0.135. The molecule has 0 amide bonds. The molecule has 2 aliphatic heterocycles. The van der Waals surface area contributed by atoms with Crippen molar-refractivity contribution in [2.45, 2.75) is 25.7 Å². The lowest BCUT2D eigenvalue weighted by Crippen LogP contribution is -2.23. The highest BCUT2D eigenvalue weighted by Gasteiger charge is 2.31. The van der Waals surface area contributed by atoms with E-state index >= 15 is 4.39 Å². The summed E-state index contributed by atoms with van der Waals surface area (Å²) >= 11 is 0.932. The molecule has 0 radical (unpaired) electrons. The number of aromatic nitrogens is 3. The van der Waals surface area contributed by atoms with Gasteiger partial charge in [-0.1, -0.05) is 0 Å². The number of nitrogen functional groups attached to an aromatic ring is 1. The van der Waals surface area contributed by atoms with Crippen molar-refractivity contribution >= 4 is 43.3 Å². The number of thiophene rings is 1. The average molecular weight is 466 g/mol. The number of halogens is 2. The van der Waals surface area contributed by atoms with Crippen molar-refractivity contribution < 1.29 is 18.6 Å². The van der Waals surface area contributed by atoms with Gasteiger partial charge in [0.1, 0.15) is 16.6 Å². The molecule has 1 saturated heterocycles. The molecule has 166 valence electrons. The van der Waals surface area contributed by atoms with Crippen molar-refractivity contribution in [3.8, 4) is 17.3 Å². The summed E-state index contributed by atoms with van der Waals surface area (Å²) in [5.41, 5.74) is 7.67. The van der Waals surface area contributed by atoms with Crippen LogP contribution in [0, 0.1) is 23.0 Å². The van der Waals surface area contributed by atoms with Crippen molar-refractivity contribution in [1.82, 2.24) is 15.0 Å². The van der Waals surface area contributed by atoms with Crippen molar-refractivity contribution in [2.24, 2.45) is 0 Å². The van der Waals surface area contributed by atoms with E-state index in [0.717, 1.165) is 23.1 Å². The van der Waals surface area contributed by atoms with Crippen LogP contribution in [0.3, 0.4) is 0 Å². The number of nitrogens with zero attached hydrogens (tertiary/aromatic N) is 5. The Hall–Kier alpha value is -3.46. The van der Waals surface area contributed by atoms with E-state index in [2.05, 4.69) is 15.0 Å². The van der Waals surface area contributed by atoms with Gasteiger partial charge >= 0.3 is 0 Å². The maximum absolute atomic E-state index is 16.2. The van der Waals surface area contributed by atoms with Gasteiger partial charge in [-0.15, -0.1) is 11.3 Å². The molecule has 0 unspecified atom stereocenters. The summed E-state index contributed by atoms with van der Waals surface area (Å²) in [5, 5.41) is 20.4. The summed E-state index contributed by atoms with van der Waals surface area (Å²) in [7, 11) is 0. The molecule has 0 aliphatic carbocycles. The van der Waals surface area contributed by atoms with Crippen molar-refractivity contribution in [2.75, 3.05) is 23.7 Å². The van der Waals surface area contributed by atoms with Crippen molar-refractivity contribution in [3.63, 3.8) is 0 Å². The van der Waals surface area contributed by atoms with Gasteiger partial charge in [-0.3, -0.25) is 4.98 Å². The third-order valence-corrected chi connectivity index (χ3v) is 7.21. The highest BCUT2D eigenvalue weighted by molar-refractivity contribution is 7.23. The molecule has 0 bridgehead atoms. The van der Waals surface area contributed by atoms with Gasteiger partial charge < -0.3 is 20.5 Å². The molecule has 33 heavy (non-hydrogen) atoms. The number of aliphatic hydroxyl groups excluding tert-OH is 1. The molecule has 6 rings (SSSR count). The predicted octanol–water partition coefficient (Wildman–Crippen LogP) is 3.24. The molecule has 0 spiro atoms. The zero-order valence-electron chi connectivity index (χ0n) is 17.1. The minimum absolute atomic E-state index is 0.0681. The normalized spacial score (nSPS) is 17.8. The Morgan fingerprint density at radius 2 is 2.06 bits per heavy atom. The van der Waals surface area contributed by atoms with E-state index in [4.69, 9.17) is 10.5 Å². The number of benzene rings is 1. The van der Waals surface area contributed by atoms with Crippen LogP contribution >= 0.6 is 11.3 Å². The van der Waals surface area contributed by atoms with Crippen molar-refractivity contribution in [3.05, 3.63) is 40.7 Å². The van der Waals surface area contributed by atoms with E-state index in [-0.39, 0.29) is 50.6 Å². The van der Waals surface area contributed by atoms with E-state index in [1.807, 2.05) is 6.07 Å². The summed E-state index contributed by atoms with van der Waals surface area (Å²) in [6.07, 6.45) is 2.68. The molecular formula is C22H16F2N6O2S. The van der Waals surface area contributed by atoms with Gasteiger partial charge in [0, 0.05) is 35.6 Å². The maximum Gasteiger partial charge on any atom is 0.226 e. The molecule has 4 aromatic rings. The number of rotatable bonds is 2. The first-order chi connectivity index (χ1) is 16.0. The number of nitriles is 1. The lowest BCUT2D eigenvalue weighted by atomic mass is 9.94. The summed E-state index contributed by atoms with van der Waals surface area (Å²) in [6.45, 7) is 1.31. The molecule has 2 aliphatic rings. The van der Waals surface area contributed by atoms with Crippen LogP contribution in [0.2, 0.25) is 0 Å². The van der Waals surface area contributed by atoms with E-state index in [0.29, 0.717) is 36.4 Å². The van der Waals surface area contributed by atoms with Crippen LogP contribution in [-0.4, -0.2) is 39.3 Å². The van der Waals surface area contributed by atoms with Gasteiger partial charge in [-0.25, -0.2) is 18.7 Å². The van der Waals surface area contributed by atoms with Gasteiger partial charge in [0.25, 0.3) is 0 Å². The summed E-state index contributed by atoms with van der Waals surface area (Å²) in [6, 6.07) is 2.00. The first kappa shape index (κ1) is 20.2. The summed E-state index contributed by atoms with van der Waals surface area (Å²) in [4.78, 5) is 14.9. The first-order valence-electron chi connectivity index (χ1n) is 10.3. The number of nitrogens with two attached hydrogens (primary N) is 1. The Kier molecular flexibility index (Phi) is 4.45. The second-order valence-corrected chi connectivity index (χ2v) is 9.12. The van der Waals surface area contributed by atoms with Crippen LogP contribution in [0.1, 0.15) is 23.1 Å². The van der Waals surface area contributed by atoms with Crippen LogP contribution in [0.4, 0.5) is 19.7 Å². The zero-order chi connectivity index (χ0) is 22.9. The van der Waals surface area contributed by atoms with E-state index in [1.54, 1.807) is 11.1 Å². The molecule has 1 aromatic carbocycles. The number of pyridine rings is 1. The number of ether oxygens (including phenoxy) is 1. The lowest BCUT2D eigenvalue weighted by Gasteiger charge is -2.18. The average Bonchev–Trinajstić information content (AvgIpc) is 3.53. The quantitative estimate of drug-likeness (QED) is 0.462. The highest BCUT2D eigenvalue weighted by Crippen LogP contribution is 2.45. The van der Waals surface area contributed by atoms with E-state index in [1.165, 1.54) is 0 Å². The third kappa shape index (κ3) is 2.88. The standard InChI is InChI=1S/C22H16F2N6O2S/c23-14-5-27-19(16-10(3-25)21(26)33-20(14)16)15-13-8-32-7-12(13)11-4-28-22(29-18(11)17(15)24)30-2-1-9(31)6-30/h4-5,9,31H,1-2,6-8,26H2/t9-/m0/s1. The Balaban J connectivity index is 1.67.